The summed E-state index contributed by atoms with van der Waals surface area (Å²) in [6.45, 7) is 1.79. The Bertz CT molecular complexity index is 1020. The molecule has 1 unspecified atom stereocenters. The topological polar surface area (TPSA) is 33.2 Å². The van der Waals surface area contributed by atoms with Gasteiger partial charge in [-0.2, -0.15) is 13.2 Å². The summed E-state index contributed by atoms with van der Waals surface area (Å²) in [6.07, 6.45) is -1.10. The van der Waals surface area contributed by atoms with E-state index in [-0.39, 0.29) is 11.9 Å². The number of hydrogen-bond acceptors (Lipinski definition) is 2. The van der Waals surface area contributed by atoms with Gasteiger partial charge in [0.25, 0.3) is 5.91 Å². The van der Waals surface area contributed by atoms with Crippen molar-refractivity contribution in [1.82, 2.24) is 9.88 Å². The number of nitrogens with zero attached hydrogens (tertiary/aromatic N) is 2. The molecule has 1 saturated carbocycles. The highest BCUT2D eigenvalue weighted by molar-refractivity contribution is 6.06. The molecule has 1 atom stereocenters. The van der Waals surface area contributed by atoms with Crippen molar-refractivity contribution in [3.63, 3.8) is 0 Å². The molecule has 1 heterocycles. The largest absolute Gasteiger partial charge is 0.416 e. The van der Waals surface area contributed by atoms with Crippen molar-refractivity contribution in [3.05, 3.63) is 77.5 Å². The Morgan fingerprint density at radius 3 is 2.57 bits per heavy atom. The molecule has 144 valence electrons. The summed E-state index contributed by atoms with van der Waals surface area (Å²) in [6, 6.07) is 13.9. The molecule has 28 heavy (non-hydrogen) atoms. The molecule has 1 aromatic heterocycles. The molecule has 0 aliphatic heterocycles. The van der Waals surface area contributed by atoms with Gasteiger partial charge in [0.15, 0.2) is 0 Å². The molecule has 4 rings (SSSR count). The number of carbonyl (C=O) groups excluding carboxylic acids is 1. The van der Waals surface area contributed by atoms with E-state index in [0.717, 1.165) is 35.9 Å². The van der Waals surface area contributed by atoms with Gasteiger partial charge in [0.1, 0.15) is 0 Å². The molecule has 0 bridgehead atoms. The van der Waals surface area contributed by atoms with Gasteiger partial charge < -0.3 is 4.90 Å². The number of para-hydroxylation sites is 1. The molecular formula is C22H19F3N2O. The normalized spacial score (nSPS) is 15.4. The fourth-order valence-electron chi connectivity index (χ4n) is 3.57. The molecule has 1 aliphatic carbocycles. The van der Waals surface area contributed by atoms with Crippen molar-refractivity contribution >= 4 is 16.8 Å². The summed E-state index contributed by atoms with van der Waals surface area (Å²) in [5.41, 5.74) is 1.02. The van der Waals surface area contributed by atoms with Crippen molar-refractivity contribution < 1.29 is 18.0 Å². The summed E-state index contributed by atoms with van der Waals surface area (Å²) in [5, 5.41) is 0.747. The summed E-state index contributed by atoms with van der Waals surface area (Å²) < 4.78 is 39.3. The Kier molecular flexibility index (Phi) is 4.57. The summed E-state index contributed by atoms with van der Waals surface area (Å²) in [7, 11) is 0. The van der Waals surface area contributed by atoms with Gasteiger partial charge in [-0.1, -0.05) is 30.3 Å². The third-order valence-corrected chi connectivity index (χ3v) is 5.17. The molecule has 0 spiro atoms. The van der Waals surface area contributed by atoms with Crippen molar-refractivity contribution in [2.75, 3.05) is 0 Å². The average molecular weight is 384 g/mol. The van der Waals surface area contributed by atoms with E-state index in [1.165, 1.54) is 6.07 Å². The predicted molar refractivity (Wildman–Crippen MR) is 101 cm³/mol. The maximum absolute atomic E-state index is 13.4. The third-order valence-electron chi connectivity index (χ3n) is 5.17. The number of aromatic nitrogens is 1. The minimum Gasteiger partial charge on any atom is -0.329 e. The molecule has 0 radical (unpaired) electrons. The lowest BCUT2D eigenvalue weighted by molar-refractivity contribution is -0.137. The van der Waals surface area contributed by atoms with E-state index in [9.17, 15) is 18.0 Å². The van der Waals surface area contributed by atoms with Crippen LogP contribution in [-0.2, 0) is 6.18 Å². The lowest BCUT2D eigenvalue weighted by atomic mass is 10.0. The van der Waals surface area contributed by atoms with E-state index in [4.69, 9.17) is 0 Å². The summed E-state index contributed by atoms with van der Waals surface area (Å²) in [5.74, 6) is -0.175. The fraction of sp³-hybridized carbons (Fsp3) is 0.273. The van der Waals surface area contributed by atoms with Crippen LogP contribution in [0, 0.1) is 0 Å². The number of alkyl halides is 3. The van der Waals surface area contributed by atoms with Crippen LogP contribution < -0.4 is 0 Å². The van der Waals surface area contributed by atoms with Crippen molar-refractivity contribution in [2.24, 2.45) is 0 Å². The number of benzene rings is 2. The molecule has 6 heteroatoms. The Morgan fingerprint density at radius 2 is 1.86 bits per heavy atom. The SMILES string of the molecule is CC(c1cccc(C(F)(F)F)c1)N(C(=O)c1ccnc2ccccc12)C1CC1. The number of carbonyl (C=O) groups is 1. The number of fused-ring (bicyclic) bond motifs is 1. The zero-order valence-electron chi connectivity index (χ0n) is 15.3. The molecular weight excluding hydrogens is 365 g/mol. The van der Waals surface area contributed by atoms with Gasteiger partial charge in [-0.25, -0.2) is 0 Å². The zero-order chi connectivity index (χ0) is 19.9. The minimum atomic E-state index is -4.41. The quantitative estimate of drug-likeness (QED) is 0.585. The number of pyridine rings is 1. The molecule has 0 N–H and O–H groups in total. The van der Waals surface area contributed by atoms with Crippen molar-refractivity contribution in [3.8, 4) is 0 Å². The van der Waals surface area contributed by atoms with E-state index in [1.807, 2.05) is 24.3 Å². The average Bonchev–Trinajstić information content (AvgIpc) is 3.52. The van der Waals surface area contributed by atoms with Crippen LogP contribution >= 0.6 is 0 Å². The Labute approximate surface area is 160 Å². The van der Waals surface area contributed by atoms with Gasteiger partial charge in [0, 0.05) is 17.6 Å². The Hall–Kier alpha value is -2.89. The monoisotopic (exact) mass is 384 g/mol. The smallest absolute Gasteiger partial charge is 0.329 e. The lowest BCUT2D eigenvalue weighted by Gasteiger charge is -2.30. The first-order chi connectivity index (χ1) is 13.4. The van der Waals surface area contributed by atoms with Crippen LogP contribution in [0.2, 0.25) is 0 Å². The zero-order valence-corrected chi connectivity index (χ0v) is 15.3. The standard InChI is InChI=1S/C22H19F3N2O/c1-14(15-5-4-6-16(13-15)22(23,24)25)27(17-9-10-17)21(28)19-11-12-26-20-8-3-2-7-18(19)20/h2-8,11-14,17H,9-10H2,1H3. The minimum absolute atomic E-state index is 0.0453. The lowest BCUT2D eigenvalue weighted by Crippen LogP contribution is -2.35. The van der Waals surface area contributed by atoms with Crippen LogP contribution in [-0.4, -0.2) is 21.8 Å². The molecule has 3 aromatic rings. The predicted octanol–water partition coefficient (Wildman–Crippen LogP) is 5.62. The maximum atomic E-state index is 13.4. The highest BCUT2D eigenvalue weighted by Gasteiger charge is 2.38. The maximum Gasteiger partial charge on any atom is 0.416 e. The molecule has 0 saturated heterocycles. The van der Waals surface area contributed by atoms with Crippen LogP contribution in [0.25, 0.3) is 10.9 Å². The fourth-order valence-corrected chi connectivity index (χ4v) is 3.57. The third kappa shape index (κ3) is 3.46. The van der Waals surface area contributed by atoms with Crippen LogP contribution in [0.3, 0.4) is 0 Å². The molecule has 2 aromatic carbocycles. The number of amides is 1. The van der Waals surface area contributed by atoms with Crippen molar-refractivity contribution in [2.45, 2.75) is 38.0 Å². The Morgan fingerprint density at radius 1 is 1.11 bits per heavy atom. The van der Waals surface area contributed by atoms with Gasteiger partial charge >= 0.3 is 6.18 Å². The van der Waals surface area contributed by atoms with E-state index >= 15 is 0 Å². The molecule has 3 nitrogen and oxygen atoms in total. The first kappa shape index (κ1) is 18.5. The van der Waals surface area contributed by atoms with E-state index in [1.54, 1.807) is 30.2 Å². The summed E-state index contributed by atoms with van der Waals surface area (Å²) in [4.78, 5) is 19.4. The molecule has 1 amide bonds. The summed E-state index contributed by atoms with van der Waals surface area (Å²) >= 11 is 0. The van der Waals surface area contributed by atoms with Crippen LogP contribution in [0.5, 0.6) is 0 Å². The number of hydrogen-bond donors (Lipinski definition) is 0. The second-order valence-electron chi connectivity index (χ2n) is 7.12. The van der Waals surface area contributed by atoms with Gasteiger partial charge in [-0.15, -0.1) is 0 Å². The van der Waals surface area contributed by atoms with Crippen LogP contribution in [0.15, 0.2) is 60.8 Å². The highest BCUT2D eigenvalue weighted by Crippen LogP contribution is 2.38. The second kappa shape index (κ2) is 6.93. The van der Waals surface area contributed by atoms with E-state index in [2.05, 4.69) is 4.98 Å². The number of halogens is 3. The first-order valence-corrected chi connectivity index (χ1v) is 9.20. The van der Waals surface area contributed by atoms with E-state index in [0.29, 0.717) is 11.1 Å². The second-order valence-corrected chi connectivity index (χ2v) is 7.12. The molecule has 1 aliphatic rings. The first-order valence-electron chi connectivity index (χ1n) is 9.20. The van der Waals surface area contributed by atoms with Crippen LogP contribution in [0.1, 0.15) is 47.3 Å². The number of rotatable bonds is 4. The molecule has 1 fully saturated rings. The van der Waals surface area contributed by atoms with Gasteiger partial charge in [-0.3, -0.25) is 9.78 Å². The Balaban J connectivity index is 1.72. The van der Waals surface area contributed by atoms with Crippen LogP contribution in [0.4, 0.5) is 13.2 Å². The van der Waals surface area contributed by atoms with E-state index < -0.39 is 17.8 Å². The van der Waals surface area contributed by atoms with Crippen molar-refractivity contribution in [1.29, 1.82) is 0 Å². The highest BCUT2D eigenvalue weighted by atomic mass is 19.4. The van der Waals surface area contributed by atoms with Gasteiger partial charge in [0.2, 0.25) is 0 Å². The van der Waals surface area contributed by atoms with Gasteiger partial charge in [-0.05, 0) is 49.6 Å². The van der Waals surface area contributed by atoms with Gasteiger partial charge in [0.05, 0.1) is 22.7 Å².